The van der Waals surface area contributed by atoms with Gasteiger partial charge in [0, 0.05) is 19.0 Å². The maximum absolute atomic E-state index is 13.2. The molecule has 0 aliphatic heterocycles. The van der Waals surface area contributed by atoms with Gasteiger partial charge >= 0.3 is 5.97 Å². The molecule has 0 aromatic heterocycles. The SMILES string of the molecule is CC(=O)Oc1ccc([C@@H](O)CNCCc2ccc(OCCOCc3cccc(F)c3)cc2)cc1CO. The number of aliphatic hydroxyl groups is 2. The van der Waals surface area contributed by atoms with Crippen LogP contribution in [0.15, 0.2) is 66.7 Å². The second kappa shape index (κ2) is 14.3. The van der Waals surface area contributed by atoms with E-state index in [2.05, 4.69) is 5.32 Å². The molecule has 0 aliphatic carbocycles. The summed E-state index contributed by atoms with van der Waals surface area (Å²) in [5, 5.41) is 23.2. The van der Waals surface area contributed by atoms with Gasteiger partial charge in [-0.05, 0) is 66.1 Å². The zero-order chi connectivity index (χ0) is 25.8. The van der Waals surface area contributed by atoms with Crippen molar-refractivity contribution in [3.05, 3.63) is 94.8 Å². The van der Waals surface area contributed by atoms with Gasteiger partial charge in [0.05, 0.1) is 25.9 Å². The number of nitrogens with one attached hydrogen (secondary N) is 1. The highest BCUT2D eigenvalue weighted by molar-refractivity contribution is 5.69. The molecule has 3 aromatic carbocycles. The quantitative estimate of drug-likeness (QED) is 0.178. The second-order valence-electron chi connectivity index (χ2n) is 8.26. The van der Waals surface area contributed by atoms with Gasteiger partial charge in [0.25, 0.3) is 0 Å². The van der Waals surface area contributed by atoms with E-state index in [0.29, 0.717) is 44.0 Å². The third kappa shape index (κ3) is 9.05. The summed E-state index contributed by atoms with van der Waals surface area (Å²) in [6.45, 7) is 3.15. The van der Waals surface area contributed by atoms with Gasteiger partial charge in [-0.25, -0.2) is 4.39 Å². The lowest BCUT2D eigenvalue weighted by molar-refractivity contribution is -0.131. The smallest absolute Gasteiger partial charge is 0.308 e. The molecule has 0 saturated heterocycles. The summed E-state index contributed by atoms with van der Waals surface area (Å²) in [6, 6.07) is 19.0. The predicted octanol–water partition coefficient (Wildman–Crippen LogP) is 3.70. The molecule has 192 valence electrons. The third-order valence-corrected chi connectivity index (χ3v) is 5.40. The van der Waals surface area contributed by atoms with Gasteiger partial charge in [0.2, 0.25) is 0 Å². The van der Waals surface area contributed by atoms with Crippen molar-refractivity contribution in [3.8, 4) is 11.5 Å². The van der Waals surface area contributed by atoms with Crippen molar-refractivity contribution < 1.29 is 33.6 Å². The van der Waals surface area contributed by atoms with Crippen molar-refractivity contribution >= 4 is 5.97 Å². The Balaban J connectivity index is 1.33. The molecule has 0 radical (unpaired) electrons. The van der Waals surface area contributed by atoms with Crippen molar-refractivity contribution in [2.45, 2.75) is 32.7 Å². The highest BCUT2D eigenvalue weighted by Gasteiger charge is 2.12. The summed E-state index contributed by atoms with van der Waals surface area (Å²) in [5.74, 6) is 0.291. The summed E-state index contributed by atoms with van der Waals surface area (Å²) < 4.78 is 29.4. The Bertz CT molecular complexity index is 1110. The average molecular weight is 498 g/mol. The average Bonchev–Trinajstić information content (AvgIpc) is 2.87. The maximum Gasteiger partial charge on any atom is 0.308 e. The molecule has 0 unspecified atom stereocenters. The second-order valence-corrected chi connectivity index (χ2v) is 8.26. The van der Waals surface area contributed by atoms with E-state index in [0.717, 1.165) is 23.3 Å². The molecule has 0 fully saturated rings. The number of halogens is 1. The molecule has 1 atom stereocenters. The molecule has 36 heavy (non-hydrogen) atoms. The first-order valence-electron chi connectivity index (χ1n) is 11.8. The maximum atomic E-state index is 13.2. The van der Waals surface area contributed by atoms with Crippen LogP contribution in [-0.2, 0) is 29.2 Å². The van der Waals surface area contributed by atoms with Crippen LogP contribution in [0.3, 0.4) is 0 Å². The van der Waals surface area contributed by atoms with Crippen LogP contribution in [-0.4, -0.2) is 42.5 Å². The number of hydrogen-bond acceptors (Lipinski definition) is 7. The lowest BCUT2D eigenvalue weighted by atomic mass is 10.0. The summed E-state index contributed by atoms with van der Waals surface area (Å²) in [5.41, 5.74) is 2.98. The van der Waals surface area contributed by atoms with Gasteiger partial charge in [-0.15, -0.1) is 0 Å². The van der Waals surface area contributed by atoms with E-state index in [4.69, 9.17) is 14.2 Å². The predicted molar refractivity (Wildman–Crippen MR) is 133 cm³/mol. The van der Waals surface area contributed by atoms with E-state index >= 15 is 0 Å². The van der Waals surface area contributed by atoms with Gasteiger partial charge in [0.15, 0.2) is 0 Å². The number of rotatable bonds is 14. The number of benzene rings is 3. The van der Waals surface area contributed by atoms with Gasteiger partial charge in [-0.3, -0.25) is 4.79 Å². The van der Waals surface area contributed by atoms with Crippen molar-refractivity contribution in [1.29, 1.82) is 0 Å². The van der Waals surface area contributed by atoms with E-state index in [1.165, 1.54) is 19.1 Å². The third-order valence-electron chi connectivity index (χ3n) is 5.40. The van der Waals surface area contributed by atoms with Gasteiger partial charge in [-0.1, -0.05) is 30.3 Å². The molecule has 8 heteroatoms. The topological polar surface area (TPSA) is 97.3 Å². The van der Waals surface area contributed by atoms with E-state index < -0.39 is 12.1 Å². The Morgan fingerprint density at radius 1 is 1.03 bits per heavy atom. The highest BCUT2D eigenvalue weighted by Crippen LogP contribution is 2.24. The number of aliphatic hydroxyl groups excluding tert-OH is 2. The lowest BCUT2D eigenvalue weighted by Crippen LogP contribution is -2.24. The number of ether oxygens (including phenoxy) is 3. The molecule has 0 saturated carbocycles. The number of hydrogen-bond donors (Lipinski definition) is 3. The van der Waals surface area contributed by atoms with Crippen LogP contribution in [0.4, 0.5) is 4.39 Å². The molecule has 3 N–H and O–H groups in total. The molecule has 0 heterocycles. The van der Waals surface area contributed by atoms with E-state index in [-0.39, 0.29) is 18.2 Å². The first kappa shape index (κ1) is 27.3. The van der Waals surface area contributed by atoms with Gasteiger partial charge < -0.3 is 29.7 Å². The van der Waals surface area contributed by atoms with Crippen LogP contribution in [0.2, 0.25) is 0 Å². The molecular formula is C28H32FNO6. The largest absolute Gasteiger partial charge is 0.491 e. The van der Waals surface area contributed by atoms with E-state index in [9.17, 15) is 19.4 Å². The highest BCUT2D eigenvalue weighted by atomic mass is 19.1. The summed E-state index contributed by atoms with van der Waals surface area (Å²) >= 11 is 0. The van der Waals surface area contributed by atoms with E-state index in [1.54, 1.807) is 24.3 Å². The molecular weight excluding hydrogens is 465 g/mol. The number of carbonyl (C=O) groups is 1. The molecule has 3 rings (SSSR count). The number of esters is 1. The normalized spacial score (nSPS) is 11.8. The van der Waals surface area contributed by atoms with Gasteiger partial charge in [0.1, 0.15) is 23.9 Å². The van der Waals surface area contributed by atoms with E-state index in [1.807, 2.05) is 30.3 Å². The standard InChI is InChI=1S/C28H32FNO6/c1-20(32)36-28-10-7-23(16-24(28)18-31)27(33)17-30-12-11-21-5-8-26(9-6-21)35-14-13-34-19-22-3-2-4-25(29)15-22/h2-10,15-16,27,30-31,33H,11-14,17-19H2,1H3/t27-/m0/s1. The van der Waals surface area contributed by atoms with Crippen molar-refractivity contribution in [2.24, 2.45) is 0 Å². The van der Waals surface area contributed by atoms with Crippen LogP contribution in [0.5, 0.6) is 11.5 Å². The minimum absolute atomic E-state index is 0.275. The van der Waals surface area contributed by atoms with Crippen LogP contribution >= 0.6 is 0 Å². The van der Waals surface area contributed by atoms with Crippen LogP contribution in [0.25, 0.3) is 0 Å². The molecule has 0 aliphatic rings. The van der Waals surface area contributed by atoms with Crippen molar-refractivity contribution in [1.82, 2.24) is 5.32 Å². The first-order chi connectivity index (χ1) is 17.4. The van der Waals surface area contributed by atoms with Crippen LogP contribution in [0.1, 0.15) is 35.3 Å². The minimum Gasteiger partial charge on any atom is -0.491 e. The molecule has 0 amide bonds. The molecule has 0 spiro atoms. The molecule has 0 bridgehead atoms. The Labute approximate surface area is 210 Å². The first-order valence-corrected chi connectivity index (χ1v) is 11.8. The summed E-state index contributed by atoms with van der Waals surface area (Å²) in [4.78, 5) is 11.1. The Morgan fingerprint density at radius 2 is 1.83 bits per heavy atom. The Hall–Kier alpha value is -3.30. The minimum atomic E-state index is -0.763. The molecule has 7 nitrogen and oxygen atoms in total. The van der Waals surface area contributed by atoms with Crippen LogP contribution < -0.4 is 14.8 Å². The van der Waals surface area contributed by atoms with Crippen molar-refractivity contribution in [3.63, 3.8) is 0 Å². The zero-order valence-electron chi connectivity index (χ0n) is 20.3. The fourth-order valence-electron chi connectivity index (χ4n) is 3.56. The number of carbonyl (C=O) groups excluding carboxylic acids is 1. The van der Waals surface area contributed by atoms with Gasteiger partial charge in [-0.2, -0.15) is 0 Å². The lowest BCUT2D eigenvalue weighted by Gasteiger charge is -2.15. The summed E-state index contributed by atoms with van der Waals surface area (Å²) in [6.07, 6.45) is 0.0115. The zero-order valence-corrected chi connectivity index (χ0v) is 20.3. The monoisotopic (exact) mass is 497 g/mol. The van der Waals surface area contributed by atoms with Crippen molar-refractivity contribution in [2.75, 3.05) is 26.3 Å². The fraction of sp³-hybridized carbons (Fsp3) is 0.321. The van der Waals surface area contributed by atoms with Crippen LogP contribution in [0, 0.1) is 5.82 Å². The summed E-state index contributed by atoms with van der Waals surface area (Å²) in [7, 11) is 0. The Morgan fingerprint density at radius 3 is 2.56 bits per heavy atom. The molecule has 3 aromatic rings. The Kier molecular flexibility index (Phi) is 10.8. The fourth-order valence-corrected chi connectivity index (χ4v) is 3.56.